The fraction of sp³-hybridized carbons (Fsp3) is 0.333. The van der Waals surface area contributed by atoms with Crippen molar-refractivity contribution < 1.29 is 4.39 Å². The number of hydrogen-bond acceptors (Lipinski definition) is 1. The van der Waals surface area contributed by atoms with Crippen LogP contribution in [0, 0.1) is 12.7 Å². The summed E-state index contributed by atoms with van der Waals surface area (Å²) >= 11 is 6.11. The van der Waals surface area contributed by atoms with Crippen molar-refractivity contribution in [3.05, 3.63) is 70.0 Å². The zero-order valence-electron chi connectivity index (χ0n) is 12.5. The Bertz CT molecular complexity index is 598. The summed E-state index contributed by atoms with van der Waals surface area (Å²) in [6.07, 6.45) is 0.874. The molecule has 1 atom stereocenters. The SMILES string of the molecule is CCNCC(Cc1ccc(F)cc1C)c1cccc(Cl)c1. The van der Waals surface area contributed by atoms with Crippen LogP contribution >= 0.6 is 11.6 Å². The summed E-state index contributed by atoms with van der Waals surface area (Å²) in [6, 6.07) is 13.0. The van der Waals surface area contributed by atoms with Crippen molar-refractivity contribution >= 4 is 11.6 Å². The number of halogens is 2. The molecule has 1 nitrogen and oxygen atoms in total. The van der Waals surface area contributed by atoms with E-state index >= 15 is 0 Å². The van der Waals surface area contributed by atoms with E-state index in [1.165, 1.54) is 17.2 Å². The van der Waals surface area contributed by atoms with Crippen LogP contribution in [0.4, 0.5) is 4.39 Å². The summed E-state index contributed by atoms with van der Waals surface area (Å²) in [4.78, 5) is 0. The number of hydrogen-bond donors (Lipinski definition) is 1. The molecule has 3 heteroatoms. The van der Waals surface area contributed by atoms with Crippen LogP contribution in [-0.2, 0) is 6.42 Å². The Hall–Kier alpha value is -1.38. The zero-order chi connectivity index (χ0) is 15.2. The third-order valence-electron chi connectivity index (χ3n) is 3.73. The van der Waals surface area contributed by atoms with E-state index in [4.69, 9.17) is 11.6 Å². The molecule has 0 heterocycles. The van der Waals surface area contributed by atoms with Crippen LogP contribution in [-0.4, -0.2) is 13.1 Å². The van der Waals surface area contributed by atoms with Gasteiger partial charge in [0.1, 0.15) is 5.82 Å². The average molecular weight is 306 g/mol. The molecular weight excluding hydrogens is 285 g/mol. The molecule has 2 rings (SSSR count). The number of rotatable bonds is 6. The molecule has 0 aliphatic carbocycles. The molecule has 0 fully saturated rings. The Morgan fingerprint density at radius 1 is 1.19 bits per heavy atom. The van der Waals surface area contributed by atoms with Gasteiger partial charge in [-0.05, 0) is 60.8 Å². The number of nitrogens with one attached hydrogen (secondary N) is 1. The highest BCUT2D eigenvalue weighted by atomic mass is 35.5. The molecule has 0 amide bonds. The fourth-order valence-corrected chi connectivity index (χ4v) is 2.74. The summed E-state index contributed by atoms with van der Waals surface area (Å²) in [5.74, 6) is 0.148. The summed E-state index contributed by atoms with van der Waals surface area (Å²) < 4.78 is 13.2. The zero-order valence-corrected chi connectivity index (χ0v) is 13.3. The van der Waals surface area contributed by atoms with E-state index < -0.39 is 0 Å². The molecule has 0 radical (unpaired) electrons. The van der Waals surface area contributed by atoms with E-state index in [-0.39, 0.29) is 5.82 Å². The second kappa shape index (κ2) is 7.58. The number of likely N-dealkylation sites (N-methyl/N-ethyl adjacent to an activating group) is 1. The highest BCUT2D eigenvalue weighted by Gasteiger charge is 2.14. The minimum atomic E-state index is -0.178. The third-order valence-corrected chi connectivity index (χ3v) is 3.97. The molecular formula is C18H21ClFN. The van der Waals surface area contributed by atoms with E-state index in [0.717, 1.165) is 30.1 Å². The highest BCUT2D eigenvalue weighted by Crippen LogP contribution is 2.25. The molecule has 2 aromatic carbocycles. The van der Waals surface area contributed by atoms with Crippen LogP contribution in [0.1, 0.15) is 29.5 Å². The smallest absolute Gasteiger partial charge is 0.123 e. The standard InChI is InChI=1S/C18H21ClFN/c1-3-21-12-16(15-5-4-6-17(19)11-15)10-14-7-8-18(20)9-13(14)2/h4-9,11,16,21H,3,10,12H2,1-2H3. The molecule has 0 aliphatic rings. The Labute approximate surface area is 131 Å². The van der Waals surface area contributed by atoms with E-state index in [1.807, 2.05) is 31.2 Å². The molecule has 0 aliphatic heterocycles. The quantitative estimate of drug-likeness (QED) is 0.814. The predicted molar refractivity (Wildman–Crippen MR) is 87.6 cm³/mol. The van der Waals surface area contributed by atoms with Crippen LogP contribution in [0.3, 0.4) is 0 Å². The first kappa shape index (κ1) is 16.0. The van der Waals surface area contributed by atoms with Crippen molar-refractivity contribution in [3.8, 4) is 0 Å². The van der Waals surface area contributed by atoms with Crippen LogP contribution in [0.25, 0.3) is 0 Å². The molecule has 1 unspecified atom stereocenters. The van der Waals surface area contributed by atoms with Crippen molar-refractivity contribution in [1.29, 1.82) is 0 Å². The fourth-order valence-electron chi connectivity index (χ4n) is 2.54. The Morgan fingerprint density at radius 2 is 2.00 bits per heavy atom. The van der Waals surface area contributed by atoms with Gasteiger partial charge >= 0.3 is 0 Å². The van der Waals surface area contributed by atoms with Gasteiger partial charge in [0.15, 0.2) is 0 Å². The van der Waals surface area contributed by atoms with Gasteiger partial charge in [0.25, 0.3) is 0 Å². The number of benzene rings is 2. The minimum Gasteiger partial charge on any atom is -0.316 e. The van der Waals surface area contributed by atoms with Gasteiger partial charge in [-0.3, -0.25) is 0 Å². The topological polar surface area (TPSA) is 12.0 Å². The van der Waals surface area contributed by atoms with E-state index in [0.29, 0.717) is 5.92 Å². The second-order valence-electron chi connectivity index (χ2n) is 5.33. The maximum absolute atomic E-state index is 13.2. The van der Waals surface area contributed by atoms with Crippen molar-refractivity contribution in [3.63, 3.8) is 0 Å². The molecule has 2 aromatic rings. The van der Waals surface area contributed by atoms with Gasteiger partial charge < -0.3 is 5.32 Å². The van der Waals surface area contributed by atoms with Gasteiger partial charge in [-0.1, -0.05) is 36.7 Å². The predicted octanol–water partition coefficient (Wildman–Crippen LogP) is 4.72. The summed E-state index contributed by atoms with van der Waals surface area (Å²) in [7, 11) is 0. The van der Waals surface area contributed by atoms with Crippen molar-refractivity contribution in [2.75, 3.05) is 13.1 Å². The van der Waals surface area contributed by atoms with Crippen LogP contribution in [0.5, 0.6) is 0 Å². The first-order valence-electron chi connectivity index (χ1n) is 7.31. The molecule has 0 saturated heterocycles. The lowest BCUT2D eigenvalue weighted by atomic mass is 9.90. The average Bonchev–Trinajstić information content (AvgIpc) is 2.45. The molecule has 112 valence electrons. The van der Waals surface area contributed by atoms with Gasteiger partial charge in [0.2, 0.25) is 0 Å². The largest absolute Gasteiger partial charge is 0.316 e. The van der Waals surface area contributed by atoms with Crippen molar-refractivity contribution in [1.82, 2.24) is 5.32 Å². The van der Waals surface area contributed by atoms with Crippen molar-refractivity contribution in [2.45, 2.75) is 26.2 Å². The summed E-state index contributed by atoms with van der Waals surface area (Å²) in [5, 5.41) is 4.15. The molecule has 0 saturated carbocycles. The number of aryl methyl sites for hydroxylation is 1. The molecule has 0 aromatic heterocycles. The third kappa shape index (κ3) is 4.55. The maximum atomic E-state index is 13.2. The lowest BCUT2D eigenvalue weighted by Gasteiger charge is -2.19. The van der Waals surface area contributed by atoms with Crippen LogP contribution < -0.4 is 5.32 Å². The normalized spacial score (nSPS) is 12.4. The lowest BCUT2D eigenvalue weighted by molar-refractivity contribution is 0.591. The van der Waals surface area contributed by atoms with Crippen LogP contribution in [0.15, 0.2) is 42.5 Å². The molecule has 21 heavy (non-hydrogen) atoms. The Morgan fingerprint density at radius 3 is 2.67 bits per heavy atom. The molecule has 1 N–H and O–H groups in total. The Kier molecular flexibility index (Phi) is 5.77. The molecule has 0 spiro atoms. The van der Waals surface area contributed by atoms with Gasteiger partial charge in [-0.2, -0.15) is 0 Å². The second-order valence-corrected chi connectivity index (χ2v) is 5.77. The van der Waals surface area contributed by atoms with Crippen LogP contribution in [0.2, 0.25) is 5.02 Å². The minimum absolute atomic E-state index is 0.178. The van der Waals surface area contributed by atoms with Gasteiger partial charge in [0, 0.05) is 17.5 Å². The Balaban J connectivity index is 2.23. The van der Waals surface area contributed by atoms with E-state index in [1.54, 1.807) is 6.07 Å². The van der Waals surface area contributed by atoms with Gasteiger partial charge in [-0.15, -0.1) is 0 Å². The van der Waals surface area contributed by atoms with E-state index in [2.05, 4.69) is 18.3 Å². The van der Waals surface area contributed by atoms with Crippen molar-refractivity contribution in [2.24, 2.45) is 0 Å². The first-order chi connectivity index (χ1) is 10.1. The maximum Gasteiger partial charge on any atom is 0.123 e. The van der Waals surface area contributed by atoms with E-state index in [9.17, 15) is 4.39 Å². The molecule has 0 bridgehead atoms. The van der Waals surface area contributed by atoms with Gasteiger partial charge in [0.05, 0.1) is 0 Å². The van der Waals surface area contributed by atoms with Gasteiger partial charge in [-0.25, -0.2) is 4.39 Å². The summed E-state index contributed by atoms with van der Waals surface area (Å²) in [6.45, 7) is 5.87. The lowest BCUT2D eigenvalue weighted by Crippen LogP contribution is -2.23. The summed E-state index contributed by atoms with van der Waals surface area (Å²) in [5.41, 5.74) is 3.39. The highest BCUT2D eigenvalue weighted by molar-refractivity contribution is 6.30. The first-order valence-corrected chi connectivity index (χ1v) is 7.69. The monoisotopic (exact) mass is 305 g/mol.